The van der Waals surface area contributed by atoms with Gasteiger partial charge in [-0.2, -0.15) is 4.31 Å². The number of benzene rings is 1. The van der Waals surface area contributed by atoms with Crippen LogP contribution in [0.4, 0.5) is 5.69 Å². The highest BCUT2D eigenvalue weighted by Gasteiger charge is 2.32. The van der Waals surface area contributed by atoms with E-state index in [0.29, 0.717) is 18.8 Å². The molecule has 0 aliphatic carbocycles. The third-order valence-electron chi connectivity index (χ3n) is 4.09. The van der Waals surface area contributed by atoms with Crippen LogP contribution in [0.1, 0.15) is 18.7 Å². The summed E-state index contributed by atoms with van der Waals surface area (Å²) in [6.45, 7) is 4.39. The number of hydrogen-bond donors (Lipinski definition) is 1. The number of morpholine rings is 1. The fraction of sp³-hybridized carbons (Fsp3) is 0.316. The molecular formula is C19H22N2O4S2. The third-order valence-corrected chi connectivity index (χ3v) is 6.77. The van der Waals surface area contributed by atoms with Crippen molar-refractivity contribution in [3.63, 3.8) is 0 Å². The zero-order chi connectivity index (χ0) is 19.4. The highest BCUT2D eigenvalue weighted by atomic mass is 32.2. The molecule has 1 aliphatic heterocycles. The molecule has 2 unspecified atom stereocenters. The van der Waals surface area contributed by atoms with Crippen molar-refractivity contribution in [2.24, 2.45) is 0 Å². The zero-order valence-corrected chi connectivity index (χ0v) is 16.8. The van der Waals surface area contributed by atoms with Crippen molar-refractivity contribution < 1.29 is 17.9 Å². The second kappa shape index (κ2) is 8.35. The van der Waals surface area contributed by atoms with Gasteiger partial charge in [0.1, 0.15) is 0 Å². The first-order valence-corrected chi connectivity index (χ1v) is 10.9. The minimum atomic E-state index is -3.58. The molecular weight excluding hydrogens is 384 g/mol. The van der Waals surface area contributed by atoms with Gasteiger partial charge >= 0.3 is 0 Å². The monoisotopic (exact) mass is 406 g/mol. The van der Waals surface area contributed by atoms with Crippen molar-refractivity contribution in [2.45, 2.75) is 31.0 Å². The van der Waals surface area contributed by atoms with Crippen LogP contribution in [0.15, 0.2) is 52.7 Å². The lowest BCUT2D eigenvalue weighted by Gasteiger charge is -2.34. The van der Waals surface area contributed by atoms with Gasteiger partial charge in [0.25, 0.3) is 0 Å². The Kier molecular flexibility index (Phi) is 6.11. The van der Waals surface area contributed by atoms with Gasteiger partial charge in [0.15, 0.2) is 0 Å². The zero-order valence-electron chi connectivity index (χ0n) is 15.2. The van der Waals surface area contributed by atoms with Gasteiger partial charge in [-0.15, -0.1) is 11.3 Å². The quantitative estimate of drug-likeness (QED) is 0.774. The van der Waals surface area contributed by atoms with Gasteiger partial charge in [-0.25, -0.2) is 8.42 Å². The van der Waals surface area contributed by atoms with Crippen molar-refractivity contribution in [1.82, 2.24) is 4.31 Å². The summed E-state index contributed by atoms with van der Waals surface area (Å²) in [5.41, 5.74) is 0.540. The van der Waals surface area contributed by atoms with Gasteiger partial charge in [-0.3, -0.25) is 4.79 Å². The van der Waals surface area contributed by atoms with Gasteiger partial charge in [0.05, 0.1) is 17.1 Å². The minimum Gasteiger partial charge on any atom is -0.373 e. The van der Waals surface area contributed by atoms with Crippen molar-refractivity contribution >= 4 is 39.0 Å². The number of nitrogens with one attached hydrogen (secondary N) is 1. The number of rotatable bonds is 5. The number of sulfonamides is 1. The minimum absolute atomic E-state index is 0.141. The number of ether oxygens (including phenoxy) is 1. The molecule has 1 aliphatic rings. The van der Waals surface area contributed by atoms with Crippen LogP contribution in [0.2, 0.25) is 0 Å². The highest BCUT2D eigenvalue weighted by Crippen LogP contribution is 2.22. The molecule has 1 fully saturated rings. The van der Waals surface area contributed by atoms with Gasteiger partial charge in [0, 0.05) is 29.7 Å². The summed E-state index contributed by atoms with van der Waals surface area (Å²) < 4.78 is 32.7. The van der Waals surface area contributed by atoms with Crippen LogP contribution in [0.5, 0.6) is 0 Å². The van der Waals surface area contributed by atoms with Gasteiger partial charge in [0.2, 0.25) is 15.9 Å². The van der Waals surface area contributed by atoms with E-state index in [-0.39, 0.29) is 23.0 Å². The lowest BCUT2D eigenvalue weighted by atomic mass is 10.3. The Bertz CT molecular complexity index is 896. The number of amides is 1. The molecule has 2 heterocycles. The van der Waals surface area contributed by atoms with Crippen LogP contribution in [0, 0.1) is 0 Å². The smallest absolute Gasteiger partial charge is 0.248 e. The van der Waals surface area contributed by atoms with Crippen molar-refractivity contribution in [1.29, 1.82) is 0 Å². The molecule has 0 spiro atoms. The standard InChI is InChI=1S/C19H22N2O4S2/c1-14-12-21(13-15(2)25-14)27(23,24)18-8-5-16(6-9-18)20-19(22)10-7-17-4-3-11-26-17/h3-11,14-15H,12-13H2,1-2H3,(H,20,22)/b10-7+. The summed E-state index contributed by atoms with van der Waals surface area (Å²) in [4.78, 5) is 13.2. The number of hydrogen-bond acceptors (Lipinski definition) is 5. The van der Waals surface area contributed by atoms with E-state index in [0.717, 1.165) is 4.88 Å². The Morgan fingerprint density at radius 3 is 2.44 bits per heavy atom. The van der Waals surface area contributed by atoms with Gasteiger partial charge in [-0.05, 0) is 55.6 Å². The molecule has 1 amide bonds. The largest absolute Gasteiger partial charge is 0.373 e. The molecule has 0 radical (unpaired) electrons. The van der Waals surface area contributed by atoms with E-state index < -0.39 is 10.0 Å². The van der Waals surface area contributed by atoms with Crippen LogP contribution >= 0.6 is 11.3 Å². The first kappa shape index (κ1) is 19.8. The summed E-state index contributed by atoms with van der Waals surface area (Å²) in [6.07, 6.45) is 2.90. The molecule has 144 valence electrons. The average Bonchev–Trinajstić information content (AvgIpc) is 3.13. The fourth-order valence-electron chi connectivity index (χ4n) is 2.91. The maximum atomic E-state index is 12.8. The van der Waals surface area contributed by atoms with E-state index in [9.17, 15) is 13.2 Å². The lowest BCUT2D eigenvalue weighted by Crippen LogP contribution is -2.48. The van der Waals surface area contributed by atoms with E-state index in [1.54, 1.807) is 29.5 Å². The van der Waals surface area contributed by atoms with Crippen molar-refractivity contribution in [3.05, 3.63) is 52.7 Å². The molecule has 3 rings (SSSR count). The van der Waals surface area contributed by atoms with E-state index in [1.165, 1.54) is 22.5 Å². The molecule has 27 heavy (non-hydrogen) atoms. The van der Waals surface area contributed by atoms with E-state index in [4.69, 9.17) is 4.74 Å². The Balaban J connectivity index is 1.66. The fourth-order valence-corrected chi connectivity index (χ4v) is 5.12. The average molecular weight is 407 g/mol. The number of thiophene rings is 1. The van der Waals surface area contributed by atoms with E-state index in [1.807, 2.05) is 31.4 Å². The van der Waals surface area contributed by atoms with Crippen molar-refractivity contribution in [3.8, 4) is 0 Å². The first-order chi connectivity index (χ1) is 12.8. The molecule has 1 N–H and O–H groups in total. The maximum absolute atomic E-state index is 12.8. The van der Waals surface area contributed by atoms with Gasteiger partial charge in [-0.1, -0.05) is 6.07 Å². The second-order valence-electron chi connectivity index (χ2n) is 6.44. The van der Waals surface area contributed by atoms with Crippen LogP contribution < -0.4 is 5.32 Å². The summed E-state index contributed by atoms with van der Waals surface area (Å²) >= 11 is 1.54. The van der Waals surface area contributed by atoms with Gasteiger partial charge < -0.3 is 10.1 Å². The SMILES string of the molecule is CC1CN(S(=O)(=O)c2ccc(NC(=O)/C=C/c3cccs3)cc2)CC(C)O1. The van der Waals surface area contributed by atoms with Crippen LogP contribution in [0.3, 0.4) is 0 Å². The van der Waals surface area contributed by atoms with Crippen LogP contribution in [0.25, 0.3) is 6.08 Å². The summed E-state index contributed by atoms with van der Waals surface area (Å²) in [7, 11) is -3.58. The molecule has 1 aromatic heterocycles. The Labute approximate surface area is 163 Å². The lowest BCUT2D eigenvalue weighted by molar-refractivity contribution is -0.111. The normalized spacial score (nSPS) is 21.4. The molecule has 1 aromatic carbocycles. The summed E-state index contributed by atoms with van der Waals surface area (Å²) in [5, 5.41) is 4.66. The highest BCUT2D eigenvalue weighted by molar-refractivity contribution is 7.89. The third kappa shape index (κ3) is 5.04. The molecule has 8 heteroatoms. The topological polar surface area (TPSA) is 75.7 Å². The second-order valence-corrected chi connectivity index (χ2v) is 9.36. The Morgan fingerprint density at radius 1 is 1.19 bits per heavy atom. The number of carbonyl (C=O) groups excluding carboxylic acids is 1. The Hall–Kier alpha value is -2.00. The molecule has 2 atom stereocenters. The first-order valence-electron chi connectivity index (χ1n) is 8.63. The number of carbonyl (C=O) groups is 1. The van der Waals surface area contributed by atoms with E-state index >= 15 is 0 Å². The van der Waals surface area contributed by atoms with Crippen molar-refractivity contribution in [2.75, 3.05) is 18.4 Å². The molecule has 1 saturated heterocycles. The Morgan fingerprint density at radius 2 is 1.85 bits per heavy atom. The van der Waals surface area contributed by atoms with E-state index in [2.05, 4.69) is 5.32 Å². The molecule has 6 nitrogen and oxygen atoms in total. The predicted octanol–water partition coefficient (Wildman–Crippen LogP) is 3.20. The summed E-state index contributed by atoms with van der Waals surface area (Å²) in [5.74, 6) is -0.269. The molecule has 0 bridgehead atoms. The van der Waals surface area contributed by atoms with Crippen LogP contribution in [-0.2, 0) is 19.6 Å². The number of anilines is 1. The predicted molar refractivity (Wildman–Crippen MR) is 107 cm³/mol. The molecule has 2 aromatic rings. The summed E-state index contributed by atoms with van der Waals surface area (Å²) in [6, 6.07) is 10.0. The number of nitrogens with zero attached hydrogens (tertiary/aromatic N) is 1. The maximum Gasteiger partial charge on any atom is 0.248 e. The van der Waals surface area contributed by atoms with Crippen LogP contribution in [-0.4, -0.2) is 43.9 Å². The molecule has 0 saturated carbocycles.